The number of nitrogens with one attached hydrogen (secondary N) is 3. The van der Waals surface area contributed by atoms with E-state index >= 15 is 0 Å². The second-order valence-electron chi connectivity index (χ2n) is 7.41. The SMILES string of the molecule is Cn1c(C(=O)NCc2cccc(NC(=O)OC(C)(C)C)n2)c(C=N)c2sc(Br)nc21. The molecule has 0 bridgehead atoms. The fourth-order valence-electron chi connectivity index (χ4n) is 2.80. The van der Waals surface area contributed by atoms with Gasteiger partial charge in [-0.25, -0.2) is 14.8 Å². The van der Waals surface area contributed by atoms with Gasteiger partial charge in [0.2, 0.25) is 0 Å². The highest BCUT2D eigenvalue weighted by Crippen LogP contribution is 2.32. The van der Waals surface area contributed by atoms with Gasteiger partial charge in [-0.1, -0.05) is 6.07 Å². The van der Waals surface area contributed by atoms with Gasteiger partial charge in [-0.05, 0) is 48.8 Å². The van der Waals surface area contributed by atoms with Gasteiger partial charge in [-0.3, -0.25) is 10.1 Å². The molecule has 3 rings (SSSR count). The number of amides is 2. The van der Waals surface area contributed by atoms with Crippen molar-refractivity contribution in [3.63, 3.8) is 0 Å². The third-order valence-electron chi connectivity index (χ3n) is 3.96. The van der Waals surface area contributed by atoms with Crippen LogP contribution in [0.3, 0.4) is 0 Å². The number of fused-ring (bicyclic) bond motifs is 1. The van der Waals surface area contributed by atoms with Gasteiger partial charge in [0, 0.05) is 18.8 Å². The predicted molar refractivity (Wildman–Crippen MR) is 119 cm³/mol. The van der Waals surface area contributed by atoms with Gasteiger partial charge >= 0.3 is 6.09 Å². The summed E-state index contributed by atoms with van der Waals surface area (Å²) < 4.78 is 8.34. The maximum absolute atomic E-state index is 12.8. The maximum atomic E-state index is 12.8. The van der Waals surface area contributed by atoms with Crippen LogP contribution in [0.1, 0.15) is 42.5 Å². The molecule has 0 atom stereocenters. The second-order valence-corrected chi connectivity index (χ2v) is 9.68. The van der Waals surface area contributed by atoms with E-state index in [1.165, 1.54) is 11.3 Å². The Kier molecular flexibility index (Phi) is 6.22. The number of hydrogen-bond acceptors (Lipinski definition) is 7. The molecule has 0 fully saturated rings. The summed E-state index contributed by atoms with van der Waals surface area (Å²) in [4.78, 5) is 33.4. The molecule has 0 saturated carbocycles. The molecule has 0 aliphatic carbocycles. The number of nitrogens with zero attached hydrogens (tertiary/aromatic N) is 3. The highest BCUT2D eigenvalue weighted by atomic mass is 79.9. The molecule has 3 aromatic rings. The van der Waals surface area contributed by atoms with Crippen molar-refractivity contribution in [1.29, 1.82) is 5.41 Å². The van der Waals surface area contributed by atoms with Crippen molar-refractivity contribution in [2.45, 2.75) is 32.9 Å². The summed E-state index contributed by atoms with van der Waals surface area (Å²) >= 11 is 4.71. The van der Waals surface area contributed by atoms with E-state index in [9.17, 15) is 9.59 Å². The molecular formula is C19H21BrN6O3S. The molecule has 0 aliphatic rings. The van der Waals surface area contributed by atoms with Gasteiger partial charge in [0.15, 0.2) is 9.56 Å². The summed E-state index contributed by atoms with van der Waals surface area (Å²) in [7, 11) is 1.74. The summed E-state index contributed by atoms with van der Waals surface area (Å²) in [6.45, 7) is 5.47. The Labute approximate surface area is 185 Å². The lowest BCUT2D eigenvalue weighted by Gasteiger charge is -2.19. The lowest BCUT2D eigenvalue weighted by atomic mass is 10.2. The number of aryl methyl sites for hydroxylation is 1. The normalized spacial score (nSPS) is 11.4. The number of carbonyl (C=O) groups is 2. The van der Waals surface area contributed by atoms with Crippen LogP contribution >= 0.6 is 27.3 Å². The Morgan fingerprint density at radius 1 is 1.33 bits per heavy atom. The zero-order valence-corrected chi connectivity index (χ0v) is 19.3. The summed E-state index contributed by atoms with van der Waals surface area (Å²) in [6.07, 6.45) is 0.556. The van der Waals surface area contributed by atoms with E-state index in [-0.39, 0.29) is 12.5 Å². The quantitative estimate of drug-likeness (QED) is 0.463. The van der Waals surface area contributed by atoms with E-state index in [0.717, 1.165) is 10.9 Å². The molecule has 2 amide bonds. The lowest BCUT2D eigenvalue weighted by Crippen LogP contribution is -2.28. The van der Waals surface area contributed by atoms with Crippen LogP contribution in [0.25, 0.3) is 10.3 Å². The zero-order chi connectivity index (χ0) is 22.1. The molecule has 11 heteroatoms. The van der Waals surface area contributed by atoms with Gasteiger partial charge in [-0.2, -0.15) is 0 Å². The highest BCUT2D eigenvalue weighted by molar-refractivity contribution is 9.11. The van der Waals surface area contributed by atoms with Gasteiger partial charge < -0.3 is 20.0 Å². The molecule has 3 N–H and O–H groups in total. The van der Waals surface area contributed by atoms with E-state index in [4.69, 9.17) is 10.1 Å². The van der Waals surface area contributed by atoms with E-state index in [2.05, 4.69) is 36.5 Å². The van der Waals surface area contributed by atoms with Crippen molar-refractivity contribution in [3.8, 4) is 0 Å². The largest absolute Gasteiger partial charge is 0.444 e. The fourth-order valence-corrected chi connectivity index (χ4v) is 4.30. The van der Waals surface area contributed by atoms with Crippen molar-refractivity contribution in [3.05, 3.63) is 39.1 Å². The monoisotopic (exact) mass is 492 g/mol. The standard InChI is InChI=1S/C19H21BrN6O3S/c1-19(2,3)29-18(28)24-12-7-5-6-10(23-12)9-22-16(27)13-11(8-21)14-15(26(13)4)25-17(20)30-14/h5-8,21H,9H2,1-4H3,(H,22,27)(H,23,24,28). The first kappa shape index (κ1) is 21.9. The first-order valence-electron chi connectivity index (χ1n) is 8.98. The number of anilines is 1. The Morgan fingerprint density at radius 3 is 2.73 bits per heavy atom. The number of carbonyl (C=O) groups excluding carboxylic acids is 2. The van der Waals surface area contributed by atoms with E-state index in [0.29, 0.717) is 32.3 Å². The molecule has 30 heavy (non-hydrogen) atoms. The fraction of sp³-hybridized carbons (Fsp3) is 0.316. The minimum absolute atomic E-state index is 0.149. The number of halogens is 1. The number of aromatic nitrogens is 3. The van der Waals surface area contributed by atoms with E-state index in [1.807, 2.05) is 0 Å². The van der Waals surface area contributed by atoms with Crippen LogP contribution in [0.4, 0.5) is 10.6 Å². The maximum Gasteiger partial charge on any atom is 0.413 e. The number of thiazole rings is 1. The average Bonchev–Trinajstić information content (AvgIpc) is 3.14. The van der Waals surface area contributed by atoms with Gasteiger partial charge in [0.25, 0.3) is 5.91 Å². The Bertz CT molecular complexity index is 1130. The topological polar surface area (TPSA) is 122 Å². The molecule has 0 unspecified atom stereocenters. The number of pyridine rings is 1. The highest BCUT2D eigenvalue weighted by Gasteiger charge is 2.23. The van der Waals surface area contributed by atoms with Crippen molar-refractivity contribution in [1.82, 2.24) is 19.9 Å². The molecule has 3 aromatic heterocycles. The minimum Gasteiger partial charge on any atom is -0.444 e. The van der Waals surface area contributed by atoms with Gasteiger partial charge in [0.05, 0.1) is 16.9 Å². The predicted octanol–water partition coefficient (Wildman–Crippen LogP) is 4.07. The van der Waals surface area contributed by atoms with Crippen molar-refractivity contribution < 1.29 is 14.3 Å². The van der Waals surface area contributed by atoms with Gasteiger partial charge in [-0.15, -0.1) is 11.3 Å². The Hall–Kier alpha value is -2.79. The molecular weight excluding hydrogens is 472 g/mol. The first-order valence-corrected chi connectivity index (χ1v) is 10.6. The molecule has 0 spiro atoms. The van der Waals surface area contributed by atoms with Crippen LogP contribution in [-0.2, 0) is 18.3 Å². The van der Waals surface area contributed by atoms with Crippen LogP contribution in [0.15, 0.2) is 22.1 Å². The minimum atomic E-state index is -0.616. The van der Waals surface area contributed by atoms with E-state index < -0.39 is 11.7 Å². The van der Waals surface area contributed by atoms with Crippen LogP contribution in [-0.4, -0.2) is 38.4 Å². The molecule has 0 saturated heterocycles. The molecule has 158 valence electrons. The van der Waals surface area contributed by atoms with Crippen LogP contribution in [0.2, 0.25) is 0 Å². The molecule has 3 heterocycles. The lowest BCUT2D eigenvalue weighted by molar-refractivity contribution is 0.0635. The van der Waals surface area contributed by atoms with Crippen molar-refractivity contribution in [2.75, 3.05) is 5.32 Å². The van der Waals surface area contributed by atoms with Crippen molar-refractivity contribution >= 4 is 61.6 Å². The van der Waals surface area contributed by atoms with Crippen LogP contribution in [0.5, 0.6) is 0 Å². The van der Waals surface area contributed by atoms with Crippen LogP contribution in [0, 0.1) is 5.41 Å². The third kappa shape index (κ3) is 4.85. The summed E-state index contributed by atoms with van der Waals surface area (Å²) in [6, 6.07) is 5.10. The van der Waals surface area contributed by atoms with E-state index in [1.54, 1.807) is 50.6 Å². The number of rotatable bonds is 5. The summed E-state index contributed by atoms with van der Waals surface area (Å²) in [5, 5.41) is 13.1. The van der Waals surface area contributed by atoms with Crippen molar-refractivity contribution in [2.24, 2.45) is 7.05 Å². The summed E-state index contributed by atoms with van der Waals surface area (Å²) in [5.41, 5.74) is 1.45. The molecule has 0 aromatic carbocycles. The molecule has 0 aliphatic heterocycles. The number of hydrogen-bond donors (Lipinski definition) is 3. The smallest absolute Gasteiger partial charge is 0.413 e. The molecule has 0 radical (unpaired) electrons. The molecule has 9 nitrogen and oxygen atoms in total. The Morgan fingerprint density at radius 2 is 2.07 bits per heavy atom. The first-order chi connectivity index (χ1) is 14.1. The van der Waals surface area contributed by atoms with Crippen LogP contribution < -0.4 is 10.6 Å². The second kappa shape index (κ2) is 8.52. The third-order valence-corrected chi connectivity index (χ3v) is 5.49. The number of ether oxygens (including phenoxy) is 1. The summed E-state index contributed by atoms with van der Waals surface area (Å²) in [5.74, 6) is -0.0192. The Balaban J connectivity index is 1.72. The average molecular weight is 493 g/mol. The van der Waals surface area contributed by atoms with Gasteiger partial charge in [0.1, 0.15) is 17.1 Å². The zero-order valence-electron chi connectivity index (χ0n) is 16.9.